The van der Waals surface area contributed by atoms with E-state index in [-0.39, 0.29) is 11.8 Å². The summed E-state index contributed by atoms with van der Waals surface area (Å²) in [7, 11) is 1.88. The minimum absolute atomic E-state index is 0.0608. The zero-order chi connectivity index (χ0) is 15.9. The van der Waals surface area contributed by atoms with Crippen LogP contribution in [0.4, 0.5) is 0 Å². The number of aromatic nitrogens is 2. The molecule has 0 spiro atoms. The molecule has 2 heterocycles. The van der Waals surface area contributed by atoms with Crippen LogP contribution in [0, 0.1) is 5.92 Å². The lowest BCUT2D eigenvalue weighted by Crippen LogP contribution is -2.42. The number of carbonyl (C=O) groups is 1. The second-order valence-corrected chi connectivity index (χ2v) is 5.88. The Morgan fingerprint density at radius 3 is 3.09 bits per heavy atom. The number of carbonyl (C=O) groups excluding carboxylic acids is 1. The lowest BCUT2D eigenvalue weighted by atomic mass is 9.91. The molecular weight excluding hydrogens is 282 g/mol. The number of likely N-dealkylation sites (tertiary alicyclic amines) is 1. The highest BCUT2D eigenvalue weighted by molar-refractivity contribution is 5.76. The summed E-state index contributed by atoms with van der Waals surface area (Å²) >= 11 is 0. The first-order chi connectivity index (χ1) is 10.6. The Balaban J connectivity index is 1.86. The fourth-order valence-electron chi connectivity index (χ4n) is 3.00. The summed E-state index contributed by atoms with van der Waals surface area (Å²) in [6.07, 6.45) is 6.05. The zero-order valence-corrected chi connectivity index (χ0v) is 13.6. The van der Waals surface area contributed by atoms with Crippen LogP contribution in [-0.4, -0.2) is 51.8 Å². The smallest absolute Gasteiger partial charge is 0.222 e. The molecule has 6 nitrogen and oxygen atoms in total. The third-order valence-electron chi connectivity index (χ3n) is 4.26. The number of hydrogen-bond acceptors (Lipinski definition) is 4. The van der Waals surface area contributed by atoms with Crippen molar-refractivity contribution in [3.8, 4) is 0 Å². The second-order valence-electron chi connectivity index (χ2n) is 5.88. The van der Waals surface area contributed by atoms with Crippen molar-refractivity contribution in [1.82, 2.24) is 14.5 Å². The van der Waals surface area contributed by atoms with E-state index in [0.717, 1.165) is 25.8 Å². The van der Waals surface area contributed by atoms with Crippen LogP contribution in [0.15, 0.2) is 12.4 Å². The topological polar surface area (TPSA) is 67.6 Å². The average molecular weight is 309 g/mol. The van der Waals surface area contributed by atoms with E-state index in [4.69, 9.17) is 4.74 Å². The van der Waals surface area contributed by atoms with Gasteiger partial charge < -0.3 is 19.3 Å². The zero-order valence-electron chi connectivity index (χ0n) is 13.6. The number of hydrogen-bond donors (Lipinski definition) is 1. The summed E-state index contributed by atoms with van der Waals surface area (Å²) in [6, 6.07) is 0. The van der Waals surface area contributed by atoms with Crippen LogP contribution in [-0.2, 0) is 16.6 Å². The maximum atomic E-state index is 12.3. The molecule has 0 aromatic carbocycles. The Morgan fingerprint density at radius 2 is 2.41 bits per heavy atom. The number of ether oxygens (including phenoxy) is 1. The van der Waals surface area contributed by atoms with Crippen molar-refractivity contribution in [2.45, 2.75) is 38.7 Å². The van der Waals surface area contributed by atoms with Crippen molar-refractivity contribution in [2.75, 3.05) is 26.3 Å². The molecular formula is C16H27N3O3. The second kappa shape index (κ2) is 8.29. The van der Waals surface area contributed by atoms with Crippen molar-refractivity contribution in [3.63, 3.8) is 0 Å². The molecule has 1 saturated heterocycles. The summed E-state index contributed by atoms with van der Waals surface area (Å²) in [5.74, 6) is 0.901. The van der Waals surface area contributed by atoms with Gasteiger partial charge in [0.05, 0.1) is 0 Å². The van der Waals surface area contributed by atoms with Crippen LogP contribution in [0.1, 0.15) is 44.5 Å². The van der Waals surface area contributed by atoms with Crippen LogP contribution in [0.2, 0.25) is 0 Å². The molecule has 2 unspecified atom stereocenters. The van der Waals surface area contributed by atoms with E-state index in [0.29, 0.717) is 32.0 Å². The number of rotatable bonds is 7. The number of nitrogens with zero attached hydrogens (tertiary/aromatic N) is 3. The maximum absolute atomic E-state index is 12.3. The van der Waals surface area contributed by atoms with Crippen molar-refractivity contribution >= 4 is 5.91 Å². The first kappa shape index (κ1) is 17.0. The van der Waals surface area contributed by atoms with Crippen LogP contribution in [0.3, 0.4) is 0 Å². The van der Waals surface area contributed by atoms with Gasteiger partial charge in [-0.1, -0.05) is 0 Å². The van der Waals surface area contributed by atoms with E-state index < -0.39 is 6.10 Å². The van der Waals surface area contributed by atoms with Gasteiger partial charge in [-0.15, -0.1) is 0 Å². The molecule has 1 N–H and O–H groups in total. The van der Waals surface area contributed by atoms with Gasteiger partial charge in [-0.2, -0.15) is 0 Å². The Morgan fingerprint density at radius 1 is 1.59 bits per heavy atom. The Hall–Kier alpha value is -1.40. The minimum atomic E-state index is -0.612. The van der Waals surface area contributed by atoms with E-state index in [1.54, 1.807) is 6.20 Å². The van der Waals surface area contributed by atoms with Crippen molar-refractivity contribution in [3.05, 3.63) is 18.2 Å². The first-order valence-electron chi connectivity index (χ1n) is 8.14. The minimum Gasteiger partial charge on any atom is -0.385 e. The van der Waals surface area contributed by atoms with Crippen molar-refractivity contribution in [2.24, 2.45) is 13.0 Å². The largest absolute Gasteiger partial charge is 0.385 e. The van der Waals surface area contributed by atoms with Gasteiger partial charge in [-0.3, -0.25) is 4.79 Å². The lowest BCUT2D eigenvalue weighted by Gasteiger charge is -2.35. The number of amides is 1. The number of aryl methyl sites for hydroxylation is 1. The van der Waals surface area contributed by atoms with Gasteiger partial charge in [-0.05, 0) is 26.2 Å². The van der Waals surface area contributed by atoms with E-state index in [2.05, 4.69) is 4.98 Å². The van der Waals surface area contributed by atoms with E-state index in [1.165, 1.54) is 0 Å². The third kappa shape index (κ3) is 4.30. The predicted octanol–water partition coefficient (Wildman–Crippen LogP) is 1.51. The molecule has 1 amide bonds. The maximum Gasteiger partial charge on any atom is 0.222 e. The van der Waals surface area contributed by atoms with Gasteiger partial charge in [0.2, 0.25) is 5.91 Å². The molecule has 0 aliphatic carbocycles. The molecule has 124 valence electrons. The van der Waals surface area contributed by atoms with Gasteiger partial charge in [0.1, 0.15) is 11.9 Å². The first-order valence-corrected chi connectivity index (χ1v) is 8.14. The highest BCUT2D eigenvalue weighted by Crippen LogP contribution is 2.29. The molecule has 1 aromatic heterocycles. The van der Waals surface area contributed by atoms with Gasteiger partial charge in [-0.25, -0.2) is 4.98 Å². The molecule has 0 saturated carbocycles. The molecule has 2 rings (SSSR count). The molecule has 2 atom stereocenters. The van der Waals surface area contributed by atoms with E-state index >= 15 is 0 Å². The average Bonchev–Trinajstić information content (AvgIpc) is 2.97. The highest BCUT2D eigenvalue weighted by atomic mass is 16.5. The Kier molecular flexibility index (Phi) is 6.39. The number of aliphatic hydroxyl groups excluding tert-OH is 1. The molecule has 22 heavy (non-hydrogen) atoms. The molecule has 0 bridgehead atoms. The van der Waals surface area contributed by atoms with E-state index in [9.17, 15) is 9.90 Å². The van der Waals surface area contributed by atoms with Crippen LogP contribution in [0.5, 0.6) is 0 Å². The number of imidazole rings is 1. The van der Waals surface area contributed by atoms with Crippen LogP contribution in [0.25, 0.3) is 0 Å². The third-order valence-corrected chi connectivity index (χ3v) is 4.26. The predicted molar refractivity (Wildman–Crippen MR) is 83.2 cm³/mol. The SMILES string of the molecule is CCOCCCC(=O)N1CCCC(C(O)c2nccn2C)C1. The van der Waals surface area contributed by atoms with Crippen LogP contribution >= 0.6 is 0 Å². The summed E-state index contributed by atoms with van der Waals surface area (Å²) in [5.41, 5.74) is 0. The summed E-state index contributed by atoms with van der Waals surface area (Å²) in [4.78, 5) is 18.4. The Labute approximate surface area is 132 Å². The molecule has 1 fully saturated rings. The molecule has 6 heteroatoms. The number of piperidine rings is 1. The summed E-state index contributed by atoms with van der Waals surface area (Å²) < 4.78 is 7.11. The molecule has 1 aliphatic rings. The fraction of sp³-hybridized carbons (Fsp3) is 0.750. The summed E-state index contributed by atoms with van der Waals surface area (Å²) in [5, 5.41) is 10.5. The quantitative estimate of drug-likeness (QED) is 0.775. The van der Waals surface area contributed by atoms with Gasteiger partial charge in [0.15, 0.2) is 0 Å². The highest BCUT2D eigenvalue weighted by Gasteiger charge is 2.30. The molecule has 0 radical (unpaired) electrons. The van der Waals surface area contributed by atoms with Gasteiger partial charge in [0.25, 0.3) is 0 Å². The number of aliphatic hydroxyl groups is 1. The molecule has 1 aromatic rings. The summed E-state index contributed by atoms with van der Waals surface area (Å²) in [6.45, 7) is 4.68. The van der Waals surface area contributed by atoms with Crippen LogP contribution < -0.4 is 0 Å². The van der Waals surface area contributed by atoms with Crippen molar-refractivity contribution in [1.29, 1.82) is 0 Å². The lowest BCUT2D eigenvalue weighted by molar-refractivity contribution is -0.134. The van der Waals surface area contributed by atoms with Gasteiger partial charge >= 0.3 is 0 Å². The van der Waals surface area contributed by atoms with E-state index in [1.807, 2.05) is 29.6 Å². The van der Waals surface area contributed by atoms with Crippen molar-refractivity contribution < 1.29 is 14.6 Å². The fourth-order valence-corrected chi connectivity index (χ4v) is 3.00. The molecule has 1 aliphatic heterocycles. The monoisotopic (exact) mass is 309 g/mol. The van der Waals surface area contributed by atoms with Gasteiger partial charge in [0, 0.05) is 58.1 Å². The Bertz CT molecular complexity index is 475. The standard InChI is InChI=1S/C16H27N3O3/c1-3-22-11-5-7-14(20)19-9-4-6-13(12-19)15(21)16-17-8-10-18(16)2/h8,10,13,15,21H,3-7,9,11-12H2,1-2H3. The normalized spacial score (nSPS) is 20.1.